The van der Waals surface area contributed by atoms with Gasteiger partial charge < -0.3 is 10.4 Å². The van der Waals surface area contributed by atoms with Gasteiger partial charge in [-0.25, -0.2) is 9.18 Å². The average Bonchev–Trinajstić information content (AvgIpc) is 2.89. The van der Waals surface area contributed by atoms with E-state index in [1.807, 2.05) is 0 Å². The second-order valence-electron chi connectivity index (χ2n) is 4.29. The molecule has 0 aliphatic rings. The highest BCUT2D eigenvalue weighted by Crippen LogP contribution is 2.21. The molecule has 2 N–H and O–H groups in total. The van der Waals surface area contributed by atoms with E-state index in [1.54, 1.807) is 18.4 Å². The number of aliphatic carboxylic acids is 1. The van der Waals surface area contributed by atoms with Crippen molar-refractivity contribution in [2.45, 2.75) is 6.92 Å². The molecular weight excluding hydrogens is 293 g/mol. The predicted molar refractivity (Wildman–Crippen MR) is 80.1 cm³/mol. The van der Waals surface area contributed by atoms with Crippen molar-refractivity contribution < 1.29 is 19.1 Å². The fourth-order valence-corrected chi connectivity index (χ4v) is 2.49. The van der Waals surface area contributed by atoms with Crippen LogP contribution in [-0.2, 0) is 4.79 Å². The van der Waals surface area contributed by atoms with Gasteiger partial charge in [-0.3, -0.25) is 4.79 Å². The van der Waals surface area contributed by atoms with Crippen molar-refractivity contribution in [2.75, 3.05) is 5.32 Å². The van der Waals surface area contributed by atoms with E-state index < -0.39 is 5.97 Å². The largest absolute Gasteiger partial charge is 0.478 e. The smallest absolute Gasteiger partial charge is 0.328 e. The third-order valence-corrected chi connectivity index (χ3v) is 3.65. The first-order valence-electron chi connectivity index (χ1n) is 6.03. The van der Waals surface area contributed by atoms with Crippen LogP contribution in [0.5, 0.6) is 0 Å². The fraction of sp³-hybridized carbons (Fsp3) is 0.0667. The number of carboxylic acid groups (broad SMARTS) is 1. The first kappa shape index (κ1) is 14.9. The molecule has 0 radical (unpaired) electrons. The van der Waals surface area contributed by atoms with E-state index in [2.05, 4.69) is 5.32 Å². The Balaban J connectivity index is 2.19. The van der Waals surface area contributed by atoms with E-state index >= 15 is 0 Å². The third-order valence-electron chi connectivity index (χ3n) is 2.72. The first-order valence-corrected chi connectivity index (χ1v) is 6.91. The zero-order chi connectivity index (χ0) is 15.4. The summed E-state index contributed by atoms with van der Waals surface area (Å²) >= 11 is 1.21. The van der Waals surface area contributed by atoms with Gasteiger partial charge in [-0.15, -0.1) is 11.3 Å². The van der Waals surface area contributed by atoms with Crippen molar-refractivity contribution in [3.8, 4) is 0 Å². The highest BCUT2D eigenvalue weighted by molar-refractivity contribution is 7.12. The van der Waals surface area contributed by atoms with Crippen molar-refractivity contribution >= 4 is 35.0 Å². The summed E-state index contributed by atoms with van der Waals surface area (Å²) in [6.45, 7) is 1.61. The van der Waals surface area contributed by atoms with Crippen LogP contribution in [0, 0.1) is 12.7 Å². The third kappa shape index (κ3) is 3.76. The molecule has 0 fully saturated rings. The Kier molecular flexibility index (Phi) is 4.49. The van der Waals surface area contributed by atoms with Crippen LogP contribution in [0.25, 0.3) is 6.08 Å². The van der Waals surface area contributed by atoms with Gasteiger partial charge in [-0.1, -0.05) is 0 Å². The number of halogens is 1. The van der Waals surface area contributed by atoms with Gasteiger partial charge in [0.15, 0.2) is 0 Å². The van der Waals surface area contributed by atoms with Crippen LogP contribution in [0.4, 0.5) is 10.1 Å². The molecule has 1 amide bonds. The summed E-state index contributed by atoms with van der Waals surface area (Å²) in [6.07, 6.45) is 2.34. The minimum Gasteiger partial charge on any atom is -0.478 e. The van der Waals surface area contributed by atoms with Crippen molar-refractivity contribution in [2.24, 2.45) is 0 Å². The SMILES string of the molecule is Cc1cc(NC(=O)c2sccc2C=CC(=O)O)ccc1F. The molecule has 0 spiro atoms. The minimum atomic E-state index is -1.08. The summed E-state index contributed by atoms with van der Waals surface area (Å²) in [4.78, 5) is 23.1. The van der Waals surface area contributed by atoms with Crippen LogP contribution in [0.1, 0.15) is 20.8 Å². The number of anilines is 1. The van der Waals surface area contributed by atoms with Crippen LogP contribution >= 0.6 is 11.3 Å². The lowest BCUT2D eigenvalue weighted by molar-refractivity contribution is -0.131. The molecule has 108 valence electrons. The number of carboxylic acids is 1. The van der Waals surface area contributed by atoms with E-state index in [4.69, 9.17) is 5.11 Å². The van der Waals surface area contributed by atoms with Gasteiger partial charge in [-0.2, -0.15) is 0 Å². The van der Waals surface area contributed by atoms with Gasteiger partial charge in [0.1, 0.15) is 5.82 Å². The normalized spacial score (nSPS) is 10.8. The summed E-state index contributed by atoms with van der Waals surface area (Å²) in [7, 11) is 0. The van der Waals surface area contributed by atoms with Crippen molar-refractivity contribution in [3.63, 3.8) is 0 Å². The Morgan fingerprint density at radius 2 is 2.10 bits per heavy atom. The molecule has 1 aromatic carbocycles. The molecule has 21 heavy (non-hydrogen) atoms. The van der Waals surface area contributed by atoms with E-state index in [9.17, 15) is 14.0 Å². The van der Waals surface area contributed by atoms with Crippen molar-refractivity contribution in [1.29, 1.82) is 0 Å². The van der Waals surface area contributed by atoms with Crippen LogP contribution in [0.15, 0.2) is 35.7 Å². The molecule has 6 heteroatoms. The molecule has 2 rings (SSSR count). The zero-order valence-electron chi connectivity index (χ0n) is 11.1. The topological polar surface area (TPSA) is 66.4 Å². The van der Waals surface area contributed by atoms with Gasteiger partial charge in [0.25, 0.3) is 5.91 Å². The molecule has 0 bridgehead atoms. The number of carbonyl (C=O) groups is 2. The second-order valence-corrected chi connectivity index (χ2v) is 5.21. The standard InChI is InChI=1S/C15H12FNO3S/c1-9-8-11(3-4-12(9)16)17-15(20)14-10(6-7-21-14)2-5-13(18)19/h2-8H,1H3,(H,17,20)(H,18,19). The number of aryl methyl sites for hydroxylation is 1. The lowest BCUT2D eigenvalue weighted by Crippen LogP contribution is -2.11. The van der Waals surface area contributed by atoms with Crippen LogP contribution in [-0.4, -0.2) is 17.0 Å². The van der Waals surface area contributed by atoms with Crippen LogP contribution in [0.3, 0.4) is 0 Å². The monoisotopic (exact) mass is 305 g/mol. The molecule has 0 aliphatic heterocycles. The zero-order valence-corrected chi connectivity index (χ0v) is 11.9. The van der Waals surface area contributed by atoms with E-state index in [-0.39, 0.29) is 11.7 Å². The Bertz CT molecular complexity index is 721. The van der Waals surface area contributed by atoms with Gasteiger partial charge in [0, 0.05) is 11.8 Å². The average molecular weight is 305 g/mol. The molecule has 4 nitrogen and oxygen atoms in total. The summed E-state index contributed by atoms with van der Waals surface area (Å²) in [5.74, 6) is -1.78. The van der Waals surface area contributed by atoms with E-state index in [1.165, 1.54) is 35.6 Å². The number of hydrogen-bond acceptors (Lipinski definition) is 3. The summed E-state index contributed by atoms with van der Waals surface area (Å²) < 4.78 is 13.2. The van der Waals surface area contributed by atoms with Gasteiger partial charge >= 0.3 is 5.97 Å². The summed E-state index contributed by atoms with van der Waals surface area (Å²) in [6, 6.07) is 5.95. The number of rotatable bonds is 4. The predicted octanol–water partition coefficient (Wildman–Crippen LogP) is 3.55. The maximum Gasteiger partial charge on any atom is 0.328 e. The van der Waals surface area contributed by atoms with Gasteiger partial charge in [0.2, 0.25) is 0 Å². The molecule has 0 saturated heterocycles. The molecule has 0 atom stereocenters. The lowest BCUT2D eigenvalue weighted by Gasteiger charge is -2.06. The Labute approximate surface area is 124 Å². The van der Waals surface area contributed by atoms with E-state index in [0.29, 0.717) is 21.7 Å². The minimum absolute atomic E-state index is 0.339. The summed E-state index contributed by atoms with van der Waals surface area (Å²) in [5.41, 5.74) is 1.45. The van der Waals surface area contributed by atoms with E-state index in [0.717, 1.165) is 6.08 Å². The highest BCUT2D eigenvalue weighted by atomic mass is 32.1. The van der Waals surface area contributed by atoms with Crippen LogP contribution in [0.2, 0.25) is 0 Å². The Hall–Kier alpha value is -2.47. The fourth-order valence-electron chi connectivity index (χ4n) is 1.71. The van der Waals surface area contributed by atoms with Crippen molar-refractivity contribution in [3.05, 3.63) is 57.5 Å². The van der Waals surface area contributed by atoms with Gasteiger partial charge in [-0.05, 0) is 53.8 Å². The number of thiophene rings is 1. The number of nitrogens with one attached hydrogen (secondary N) is 1. The van der Waals surface area contributed by atoms with Gasteiger partial charge in [0.05, 0.1) is 4.88 Å². The molecule has 0 aliphatic carbocycles. The first-order chi connectivity index (χ1) is 9.97. The lowest BCUT2D eigenvalue weighted by atomic mass is 10.2. The Morgan fingerprint density at radius 3 is 2.76 bits per heavy atom. The molecule has 2 aromatic rings. The van der Waals surface area contributed by atoms with Crippen molar-refractivity contribution in [1.82, 2.24) is 0 Å². The maximum absolute atomic E-state index is 13.2. The molecule has 1 heterocycles. The molecular formula is C15H12FNO3S. The number of benzene rings is 1. The maximum atomic E-state index is 13.2. The number of hydrogen-bond donors (Lipinski definition) is 2. The van der Waals surface area contributed by atoms with Crippen LogP contribution < -0.4 is 5.32 Å². The quantitative estimate of drug-likeness (QED) is 0.849. The summed E-state index contributed by atoms with van der Waals surface area (Å²) in [5, 5.41) is 13.0. The molecule has 0 unspecified atom stereocenters. The number of carbonyl (C=O) groups excluding carboxylic acids is 1. The number of amides is 1. The highest BCUT2D eigenvalue weighted by Gasteiger charge is 2.12. The molecule has 1 aromatic heterocycles. The molecule has 0 saturated carbocycles. The second kappa shape index (κ2) is 6.32. The Morgan fingerprint density at radius 1 is 1.33 bits per heavy atom.